The molecule has 0 saturated carbocycles. The lowest BCUT2D eigenvalue weighted by Gasteiger charge is -2.04. The van der Waals surface area contributed by atoms with Gasteiger partial charge in [0.15, 0.2) is 0 Å². The van der Waals surface area contributed by atoms with Crippen molar-refractivity contribution in [2.24, 2.45) is 0 Å². The van der Waals surface area contributed by atoms with Crippen LogP contribution < -0.4 is 4.74 Å². The minimum atomic E-state index is 0.411. The van der Waals surface area contributed by atoms with Gasteiger partial charge in [-0.05, 0) is 13.0 Å². The Kier molecular flexibility index (Phi) is 3.77. The van der Waals surface area contributed by atoms with Crippen molar-refractivity contribution in [1.82, 2.24) is 4.98 Å². The summed E-state index contributed by atoms with van der Waals surface area (Å²) in [5.74, 6) is 6.45. The van der Waals surface area contributed by atoms with E-state index in [0.717, 1.165) is 17.0 Å². The van der Waals surface area contributed by atoms with Crippen molar-refractivity contribution in [3.05, 3.63) is 48.7 Å². The van der Waals surface area contributed by atoms with Crippen LogP contribution in [-0.2, 0) is 0 Å². The van der Waals surface area contributed by atoms with Crippen molar-refractivity contribution < 1.29 is 4.74 Å². The Hall–Kier alpha value is -2.27. The Morgan fingerprint density at radius 2 is 2.00 bits per heavy atom. The van der Waals surface area contributed by atoms with E-state index in [9.17, 15) is 0 Å². The smallest absolute Gasteiger partial charge is 0.149 e. The molecule has 0 N–H and O–H groups in total. The Balaban J connectivity index is 2.19. The molecule has 2 heteroatoms. The third-order valence-electron chi connectivity index (χ3n) is 2.29. The third-order valence-corrected chi connectivity index (χ3v) is 2.29. The van der Waals surface area contributed by atoms with Crippen LogP contribution in [0.25, 0.3) is 11.3 Å². The lowest BCUT2D eigenvalue weighted by molar-refractivity contribution is 0.370. The quantitative estimate of drug-likeness (QED) is 0.746. The van der Waals surface area contributed by atoms with E-state index in [-0.39, 0.29) is 0 Å². The predicted molar refractivity (Wildman–Crippen MR) is 68.6 cm³/mol. The largest absolute Gasteiger partial charge is 0.481 e. The number of rotatable bonds is 3. The van der Waals surface area contributed by atoms with E-state index in [2.05, 4.69) is 16.8 Å². The summed E-state index contributed by atoms with van der Waals surface area (Å²) in [5.41, 5.74) is 1.99. The lowest BCUT2D eigenvalue weighted by atomic mass is 10.1. The van der Waals surface area contributed by atoms with Crippen LogP contribution in [0, 0.1) is 11.8 Å². The lowest BCUT2D eigenvalue weighted by Crippen LogP contribution is -1.94. The van der Waals surface area contributed by atoms with Crippen LogP contribution in [-0.4, -0.2) is 11.6 Å². The van der Waals surface area contributed by atoms with Gasteiger partial charge in [0.1, 0.15) is 12.4 Å². The van der Waals surface area contributed by atoms with Crippen molar-refractivity contribution in [3.63, 3.8) is 0 Å². The number of nitrogens with zero attached hydrogens (tertiary/aromatic N) is 1. The van der Waals surface area contributed by atoms with E-state index in [4.69, 9.17) is 4.74 Å². The van der Waals surface area contributed by atoms with Gasteiger partial charge in [0.25, 0.3) is 0 Å². The summed E-state index contributed by atoms with van der Waals surface area (Å²) in [4.78, 5) is 4.32. The molecule has 0 atom stereocenters. The van der Waals surface area contributed by atoms with Gasteiger partial charge in [-0.25, -0.2) is 0 Å². The molecule has 1 aromatic carbocycles. The molecule has 2 nitrogen and oxygen atoms in total. The highest BCUT2D eigenvalue weighted by atomic mass is 16.5. The van der Waals surface area contributed by atoms with Crippen molar-refractivity contribution in [2.45, 2.75) is 6.92 Å². The van der Waals surface area contributed by atoms with Gasteiger partial charge in [-0.15, -0.1) is 5.92 Å². The molecular weight excluding hydrogens is 210 g/mol. The zero-order valence-corrected chi connectivity index (χ0v) is 9.68. The minimum absolute atomic E-state index is 0.411. The average Bonchev–Trinajstić information content (AvgIpc) is 2.41. The monoisotopic (exact) mass is 223 g/mol. The molecule has 1 heterocycles. The summed E-state index contributed by atoms with van der Waals surface area (Å²) in [6, 6.07) is 13.8. The molecule has 0 unspecified atom stereocenters. The van der Waals surface area contributed by atoms with Gasteiger partial charge in [-0.2, -0.15) is 0 Å². The number of aromatic nitrogens is 1. The molecule has 2 aromatic rings. The molecule has 0 fully saturated rings. The van der Waals surface area contributed by atoms with E-state index >= 15 is 0 Å². The SMILES string of the molecule is CC#CCOc1ccnc(-c2ccccc2)c1. The van der Waals surface area contributed by atoms with E-state index in [1.807, 2.05) is 42.5 Å². The number of hydrogen-bond acceptors (Lipinski definition) is 2. The first-order chi connectivity index (χ1) is 8.40. The molecule has 0 aliphatic rings. The van der Waals surface area contributed by atoms with Crippen molar-refractivity contribution in [2.75, 3.05) is 6.61 Å². The molecule has 2 rings (SSSR count). The Bertz CT molecular complexity index is 538. The molecule has 0 saturated heterocycles. The molecular formula is C15H13NO. The van der Waals surface area contributed by atoms with Crippen molar-refractivity contribution in [1.29, 1.82) is 0 Å². The standard InChI is InChI=1S/C15H13NO/c1-2-3-11-17-14-9-10-16-15(12-14)13-7-5-4-6-8-13/h4-10,12H,11H2,1H3. The fraction of sp³-hybridized carbons (Fsp3) is 0.133. The second-order valence-electron chi connectivity index (χ2n) is 3.46. The highest BCUT2D eigenvalue weighted by Gasteiger charge is 2.00. The van der Waals surface area contributed by atoms with E-state index < -0.39 is 0 Å². The maximum absolute atomic E-state index is 5.49. The maximum atomic E-state index is 5.49. The second kappa shape index (κ2) is 5.72. The predicted octanol–water partition coefficient (Wildman–Crippen LogP) is 3.15. The van der Waals surface area contributed by atoms with Crippen LogP contribution in [0.15, 0.2) is 48.7 Å². The topological polar surface area (TPSA) is 22.1 Å². The molecule has 0 aliphatic carbocycles. The highest BCUT2D eigenvalue weighted by Crippen LogP contribution is 2.20. The maximum Gasteiger partial charge on any atom is 0.149 e. The normalized spacial score (nSPS) is 9.24. The van der Waals surface area contributed by atoms with Crippen LogP contribution in [0.2, 0.25) is 0 Å². The Morgan fingerprint density at radius 1 is 1.18 bits per heavy atom. The third kappa shape index (κ3) is 3.09. The molecule has 0 aliphatic heterocycles. The number of ether oxygens (including phenoxy) is 1. The number of pyridine rings is 1. The van der Waals surface area contributed by atoms with Crippen LogP contribution >= 0.6 is 0 Å². The van der Waals surface area contributed by atoms with Gasteiger partial charge in [0, 0.05) is 17.8 Å². The van der Waals surface area contributed by atoms with E-state index in [0.29, 0.717) is 6.61 Å². The summed E-state index contributed by atoms with van der Waals surface area (Å²) in [6.45, 7) is 2.21. The first-order valence-corrected chi connectivity index (χ1v) is 5.44. The van der Waals surface area contributed by atoms with Crippen molar-refractivity contribution in [3.8, 4) is 28.8 Å². The summed E-state index contributed by atoms with van der Waals surface area (Å²) in [6.07, 6.45) is 1.75. The van der Waals surface area contributed by atoms with Gasteiger partial charge < -0.3 is 4.74 Å². The Morgan fingerprint density at radius 3 is 2.76 bits per heavy atom. The molecule has 17 heavy (non-hydrogen) atoms. The molecule has 0 amide bonds. The van der Waals surface area contributed by atoms with Crippen LogP contribution in [0.3, 0.4) is 0 Å². The zero-order valence-electron chi connectivity index (χ0n) is 9.68. The van der Waals surface area contributed by atoms with Gasteiger partial charge in [0.05, 0.1) is 5.69 Å². The Labute approximate surface area is 101 Å². The first kappa shape index (κ1) is 11.2. The first-order valence-electron chi connectivity index (χ1n) is 5.44. The fourth-order valence-electron chi connectivity index (χ4n) is 1.46. The van der Waals surface area contributed by atoms with Gasteiger partial charge >= 0.3 is 0 Å². The number of hydrogen-bond donors (Lipinski definition) is 0. The molecule has 0 radical (unpaired) electrons. The van der Waals surface area contributed by atoms with Crippen molar-refractivity contribution >= 4 is 0 Å². The average molecular weight is 223 g/mol. The molecule has 1 aromatic heterocycles. The minimum Gasteiger partial charge on any atom is -0.481 e. The van der Waals surface area contributed by atoms with E-state index in [1.54, 1.807) is 13.1 Å². The van der Waals surface area contributed by atoms with Gasteiger partial charge in [-0.1, -0.05) is 36.3 Å². The second-order valence-corrected chi connectivity index (χ2v) is 3.46. The molecule has 0 spiro atoms. The molecule has 84 valence electrons. The van der Waals surface area contributed by atoms with Crippen LogP contribution in [0.4, 0.5) is 0 Å². The highest BCUT2D eigenvalue weighted by molar-refractivity contribution is 5.60. The van der Waals surface area contributed by atoms with Crippen LogP contribution in [0.5, 0.6) is 5.75 Å². The fourth-order valence-corrected chi connectivity index (χ4v) is 1.46. The van der Waals surface area contributed by atoms with Gasteiger partial charge in [0.2, 0.25) is 0 Å². The number of benzene rings is 1. The summed E-state index contributed by atoms with van der Waals surface area (Å²) in [5, 5.41) is 0. The van der Waals surface area contributed by atoms with Gasteiger partial charge in [-0.3, -0.25) is 4.98 Å². The summed E-state index contributed by atoms with van der Waals surface area (Å²) < 4.78 is 5.49. The van der Waals surface area contributed by atoms with E-state index in [1.165, 1.54) is 0 Å². The summed E-state index contributed by atoms with van der Waals surface area (Å²) >= 11 is 0. The van der Waals surface area contributed by atoms with Crippen LogP contribution in [0.1, 0.15) is 6.92 Å². The summed E-state index contributed by atoms with van der Waals surface area (Å²) in [7, 11) is 0. The molecule has 0 bridgehead atoms. The zero-order chi connectivity index (χ0) is 11.9.